The van der Waals surface area contributed by atoms with Gasteiger partial charge in [-0.1, -0.05) is 6.07 Å². The molecule has 1 unspecified atom stereocenters. The lowest BCUT2D eigenvalue weighted by Gasteiger charge is -2.39. The molecule has 1 amide bonds. The molecule has 1 aromatic carbocycles. The number of rotatable bonds is 7. The number of piperidine rings is 1. The van der Waals surface area contributed by atoms with Crippen LogP contribution in [-0.4, -0.2) is 78.0 Å². The molecule has 2 aliphatic rings. The van der Waals surface area contributed by atoms with Gasteiger partial charge in [-0.3, -0.25) is 19.8 Å². The van der Waals surface area contributed by atoms with Gasteiger partial charge in [0.15, 0.2) is 5.75 Å². The second-order valence-electron chi connectivity index (χ2n) is 8.61. The molecule has 0 spiro atoms. The van der Waals surface area contributed by atoms with Crippen LogP contribution in [0.2, 0.25) is 0 Å². The van der Waals surface area contributed by atoms with E-state index in [9.17, 15) is 14.9 Å². The Balaban J connectivity index is 1.33. The highest BCUT2D eigenvalue weighted by Gasteiger charge is 2.28. The minimum Gasteiger partial charge on any atom is -0.487 e. The van der Waals surface area contributed by atoms with Crippen molar-refractivity contribution >= 4 is 17.4 Å². The Hall–Kier alpha value is -3.20. The van der Waals surface area contributed by atoms with Gasteiger partial charge in [0.25, 0.3) is 5.91 Å². The molecule has 2 saturated heterocycles. The lowest BCUT2D eigenvalue weighted by Crippen LogP contribution is -2.50. The van der Waals surface area contributed by atoms with E-state index in [-0.39, 0.29) is 17.3 Å². The number of carbonyl (C=O) groups is 1. The highest BCUT2D eigenvalue weighted by Crippen LogP contribution is 2.29. The summed E-state index contributed by atoms with van der Waals surface area (Å²) in [6, 6.07) is 10.5. The molecule has 3 heterocycles. The fourth-order valence-electron chi connectivity index (χ4n) is 4.72. The van der Waals surface area contributed by atoms with Crippen molar-refractivity contribution in [1.82, 2.24) is 14.8 Å². The van der Waals surface area contributed by atoms with E-state index in [0.717, 1.165) is 51.4 Å². The summed E-state index contributed by atoms with van der Waals surface area (Å²) in [5, 5.41) is 11.4. The van der Waals surface area contributed by atoms with Crippen molar-refractivity contribution in [1.29, 1.82) is 0 Å². The maximum atomic E-state index is 13.1. The normalized spacial score (nSPS) is 19.4. The second kappa shape index (κ2) is 10.6. The Morgan fingerprint density at radius 2 is 2.00 bits per heavy atom. The van der Waals surface area contributed by atoms with Crippen molar-refractivity contribution < 1.29 is 14.5 Å². The lowest BCUT2D eigenvalue weighted by molar-refractivity contribution is -0.385. The number of hydrogen-bond acceptors (Lipinski definition) is 7. The number of nitrogens with zero attached hydrogens (tertiary/aromatic N) is 5. The van der Waals surface area contributed by atoms with Crippen molar-refractivity contribution in [2.75, 3.05) is 57.3 Å². The predicted molar refractivity (Wildman–Crippen MR) is 126 cm³/mol. The van der Waals surface area contributed by atoms with Crippen LogP contribution in [0.25, 0.3) is 0 Å². The summed E-state index contributed by atoms with van der Waals surface area (Å²) in [4.78, 5) is 35.1. The van der Waals surface area contributed by atoms with E-state index in [1.807, 2.05) is 29.3 Å². The number of ether oxygens (including phenoxy) is 1. The average molecular weight is 454 g/mol. The standard InChI is InChI=1S/C24H31N5O4/c1-2-33-22-9-8-20(16-21(22)29(31)32)24(30)28-11-5-6-19(18-28)17-26-12-14-27(15-13-26)23-7-3-4-10-25-23/h3-4,7-10,16,19H,2,5-6,11-15,17-18H2,1H3. The molecule has 0 N–H and O–H groups in total. The van der Waals surface area contributed by atoms with Crippen LogP contribution < -0.4 is 9.64 Å². The molecule has 2 fully saturated rings. The van der Waals surface area contributed by atoms with Gasteiger partial charge in [-0.25, -0.2) is 4.98 Å². The van der Waals surface area contributed by atoms with Crippen LogP contribution in [0.1, 0.15) is 30.1 Å². The van der Waals surface area contributed by atoms with E-state index in [4.69, 9.17) is 4.74 Å². The van der Waals surface area contributed by atoms with E-state index >= 15 is 0 Å². The summed E-state index contributed by atoms with van der Waals surface area (Å²) in [7, 11) is 0. The number of likely N-dealkylation sites (tertiary alicyclic amines) is 1. The summed E-state index contributed by atoms with van der Waals surface area (Å²) >= 11 is 0. The lowest BCUT2D eigenvalue weighted by atomic mass is 9.96. The zero-order valence-corrected chi connectivity index (χ0v) is 19.1. The number of hydrogen-bond donors (Lipinski definition) is 0. The SMILES string of the molecule is CCOc1ccc(C(=O)N2CCCC(CN3CCN(c4ccccn4)CC3)C2)cc1[N+](=O)[O-]. The quantitative estimate of drug-likeness (QED) is 0.470. The van der Waals surface area contributed by atoms with Crippen LogP contribution in [0.15, 0.2) is 42.6 Å². The van der Waals surface area contributed by atoms with Crippen molar-refractivity contribution in [2.45, 2.75) is 19.8 Å². The van der Waals surface area contributed by atoms with E-state index in [1.165, 1.54) is 12.1 Å². The van der Waals surface area contributed by atoms with Gasteiger partial charge < -0.3 is 14.5 Å². The maximum absolute atomic E-state index is 13.1. The first-order valence-electron chi connectivity index (χ1n) is 11.6. The molecule has 9 heteroatoms. The van der Waals surface area contributed by atoms with Gasteiger partial charge in [-0.05, 0) is 49.9 Å². The monoisotopic (exact) mass is 453 g/mol. The van der Waals surface area contributed by atoms with E-state index in [1.54, 1.807) is 13.0 Å². The number of aromatic nitrogens is 1. The van der Waals surface area contributed by atoms with Crippen molar-refractivity contribution in [3.05, 3.63) is 58.3 Å². The third-order valence-electron chi connectivity index (χ3n) is 6.37. The molecule has 0 bridgehead atoms. The van der Waals surface area contributed by atoms with Gasteiger partial charge in [0.05, 0.1) is 11.5 Å². The fourth-order valence-corrected chi connectivity index (χ4v) is 4.72. The first-order chi connectivity index (χ1) is 16.0. The summed E-state index contributed by atoms with van der Waals surface area (Å²) < 4.78 is 5.34. The van der Waals surface area contributed by atoms with Crippen molar-refractivity contribution in [3.8, 4) is 5.75 Å². The third kappa shape index (κ3) is 5.60. The molecular formula is C24H31N5O4. The summed E-state index contributed by atoms with van der Waals surface area (Å²) in [5.41, 5.74) is 0.178. The van der Waals surface area contributed by atoms with Gasteiger partial charge in [0, 0.05) is 63.6 Å². The molecule has 0 aliphatic carbocycles. The Morgan fingerprint density at radius 1 is 1.18 bits per heavy atom. The Bertz CT molecular complexity index is 963. The number of benzene rings is 1. The Kier molecular flexibility index (Phi) is 7.39. The topological polar surface area (TPSA) is 92.1 Å². The molecule has 1 atom stereocenters. The van der Waals surface area contributed by atoms with Crippen LogP contribution in [-0.2, 0) is 0 Å². The smallest absolute Gasteiger partial charge is 0.311 e. The molecule has 9 nitrogen and oxygen atoms in total. The number of anilines is 1. The van der Waals surface area contributed by atoms with E-state index in [2.05, 4.69) is 14.8 Å². The second-order valence-corrected chi connectivity index (χ2v) is 8.61. The first kappa shape index (κ1) is 23.0. The zero-order chi connectivity index (χ0) is 23.2. The molecule has 4 rings (SSSR count). The number of pyridine rings is 1. The predicted octanol–water partition coefficient (Wildman–Crippen LogP) is 3.06. The molecule has 2 aromatic rings. The largest absolute Gasteiger partial charge is 0.487 e. The number of nitro benzene ring substituents is 1. The van der Waals surface area contributed by atoms with Crippen LogP contribution in [0.5, 0.6) is 5.75 Å². The van der Waals surface area contributed by atoms with E-state index < -0.39 is 4.92 Å². The third-order valence-corrected chi connectivity index (χ3v) is 6.37. The van der Waals surface area contributed by atoms with Crippen LogP contribution in [0.4, 0.5) is 11.5 Å². The van der Waals surface area contributed by atoms with Gasteiger partial charge in [-0.2, -0.15) is 0 Å². The van der Waals surface area contributed by atoms with Gasteiger partial charge in [0.1, 0.15) is 5.82 Å². The van der Waals surface area contributed by atoms with Crippen molar-refractivity contribution in [3.63, 3.8) is 0 Å². The molecule has 0 radical (unpaired) electrons. The molecule has 2 aliphatic heterocycles. The Labute approximate surface area is 194 Å². The summed E-state index contributed by atoms with van der Waals surface area (Å²) in [6.07, 6.45) is 3.87. The number of carbonyl (C=O) groups excluding carboxylic acids is 1. The highest BCUT2D eigenvalue weighted by atomic mass is 16.6. The summed E-state index contributed by atoms with van der Waals surface area (Å²) in [6.45, 7) is 8.28. The minimum atomic E-state index is -0.495. The molecular weight excluding hydrogens is 422 g/mol. The van der Waals surface area contributed by atoms with Crippen LogP contribution in [0.3, 0.4) is 0 Å². The van der Waals surface area contributed by atoms with Crippen LogP contribution in [0, 0.1) is 16.0 Å². The van der Waals surface area contributed by atoms with Crippen molar-refractivity contribution in [2.24, 2.45) is 5.92 Å². The molecule has 0 saturated carbocycles. The molecule has 176 valence electrons. The fraction of sp³-hybridized carbons (Fsp3) is 0.500. The number of amides is 1. The van der Waals surface area contributed by atoms with Gasteiger partial charge in [-0.15, -0.1) is 0 Å². The van der Waals surface area contributed by atoms with Crippen LogP contribution >= 0.6 is 0 Å². The Morgan fingerprint density at radius 3 is 2.70 bits per heavy atom. The molecule has 33 heavy (non-hydrogen) atoms. The molecule has 1 aromatic heterocycles. The zero-order valence-electron chi connectivity index (χ0n) is 19.1. The number of nitro groups is 1. The first-order valence-corrected chi connectivity index (χ1v) is 11.6. The summed E-state index contributed by atoms with van der Waals surface area (Å²) in [5.74, 6) is 1.48. The minimum absolute atomic E-state index is 0.147. The number of piperazine rings is 1. The van der Waals surface area contributed by atoms with E-state index in [0.29, 0.717) is 31.2 Å². The highest BCUT2D eigenvalue weighted by molar-refractivity contribution is 5.95. The van der Waals surface area contributed by atoms with Gasteiger partial charge >= 0.3 is 5.69 Å². The maximum Gasteiger partial charge on any atom is 0.311 e. The van der Waals surface area contributed by atoms with Gasteiger partial charge in [0.2, 0.25) is 0 Å². The average Bonchev–Trinajstić information content (AvgIpc) is 2.85.